The Balaban J connectivity index is 2.28. The van der Waals surface area contributed by atoms with Gasteiger partial charge in [0.1, 0.15) is 0 Å². The van der Waals surface area contributed by atoms with Gasteiger partial charge in [0.25, 0.3) is 5.56 Å². The van der Waals surface area contributed by atoms with Gasteiger partial charge in [-0.2, -0.15) is 5.10 Å². The van der Waals surface area contributed by atoms with Crippen LogP contribution in [0.1, 0.15) is 42.9 Å². The molecule has 0 aliphatic carbocycles. The summed E-state index contributed by atoms with van der Waals surface area (Å²) >= 11 is 0. The van der Waals surface area contributed by atoms with Gasteiger partial charge in [-0.05, 0) is 39.8 Å². The molecule has 0 aliphatic heterocycles. The van der Waals surface area contributed by atoms with Gasteiger partial charge >= 0.3 is 5.97 Å². The number of rotatable bonds is 5. The Bertz CT molecular complexity index is 1060. The zero-order valence-corrected chi connectivity index (χ0v) is 16.5. The molecule has 28 heavy (non-hydrogen) atoms. The van der Waals surface area contributed by atoms with Crippen molar-refractivity contribution in [2.45, 2.75) is 33.7 Å². The summed E-state index contributed by atoms with van der Waals surface area (Å²) in [7, 11) is 0. The molecular weight excluding hydrogens is 354 g/mol. The average molecular weight is 377 g/mol. The van der Waals surface area contributed by atoms with Gasteiger partial charge in [0.15, 0.2) is 0 Å². The number of pyridine rings is 1. The maximum atomic E-state index is 12.4. The largest absolute Gasteiger partial charge is 0.462 e. The molecule has 3 aromatic rings. The lowest BCUT2D eigenvalue weighted by Crippen LogP contribution is -2.24. The molecule has 0 aliphatic rings. The summed E-state index contributed by atoms with van der Waals surface area (Å²) < 4.78 is 6.60. The quantitative estimate of drug-likeness (QED) is 0.628. The van der Waals surface area contributed by atoms with E-state index in [1.54, 1.807) is 26.0 Å². The highest BCUT2D eigenvalue weighted by Gasteiger charge is 2.19. The molecule has 0 radical (unpaired) electrons. The highest BCUT2D eigenvalue weighted by molar-refractivity contribution is 5.94. The van der Waals surface area contributed by atoms with E-state index in [1.807, 2.05) is 44.2 Å². The number of aryl methyl sites for hydroxylation is 1. The molecule has 0 saturated carbocycles. The lowest BCUT2D eigenvalue weighted by atomic mass is 10.00. The molecule has 0 amide bonds. The van der Waals surface area contributed by atoms with Crippen LogP contribution in [0.15, 0.2) is 53.3 Å². The number of nitrogens with zero attached hydrogens (tertiary/aromatic N) is 3. The summed E-state index contributed by atoms with van der Waals surface area (Å²) in [5.41, 5.74) is 3.65. The fraction of sp³-hybridized carbons (Fsp3) is 0.273. The molecule has 0 fully saturated rings. The van der Waals surface area contributed by atoms with E-state index in [1.165, 1.54) is 10.7 Å². The number of ether oxygens (including phenoxy) is 1. The predicted molar refractivity (Wildman–Crippen MR) is 108 cm³/mol. The number of hydrogen-bond acceptors (Lipinski definition) is 5. The van der Waals surface area contributed by atoms with Crippen LogP contribution in [0, 0.1) is 6.92 Å². The molecule has 0 spiro atoms. The smallest absolute Gasteiger partial charge is 0.339 e. The van der Waals surface area contributed by atoms with E-state index >= 15 is 0 Å². The van der Waals surface area contributed by atoms with E-state index in [0.717, 1.165) is 5.56 Å². The van der Waals surface area contributed by atoms with E-state index in [0.29, 0.717) is 28.2 Å². The summed E-state index contributed by atoms with van der Waals surface area (Å²) in [6, 6.07) is 14.5. The standard InChI is InChI=1S/C22H23N3O3/c1-5-28-22(27)17-13-18(19-11-12-20(26)25(24-19)14(2)3)21(23-15(17)4)16-9-7-6-8-10-16/h6-14H,5H2,1-4H3. The first-order chi connectivity index (χ1) is 13.4. The van der Waals surface area contributed by atoms with Crippen molar-refractivity contribution in [2.75, 3.05) is 6.61 Å². The van der Waals surface area contributed by atoms with Crippen molar-refractivity contribution in [1.29, 1.82) is 0 Å². The minimum absolute atomic E-state index is 0.0874. The van der Waals surface area contributed by atoms with Gasteiger partial charge in [-0.1, -0.05) is 30.3 Å². The van der Waals surface area contributed by atoms with E-state index in [-0.39, 0.29) is 18.2 Å². The predicted octanol–water partition coefficient (Wildman–Crippen LogP) is 4.04. The normalized spacial score (nSPS) is 10.9. The molecular formula is C22H23N3O3. The van der Waals surface area contributed by atoms with Gasteiger partial charge in [0.05, 0.1) is 35.3 Å². The lowest BCUT2D eigenvalue weighted by Gasteiger charge is -2.15. The molecule has 0 saturated heterocycles. The van der Waals surface area contributed by atoms with Gasteiger partial charge in [-0.15, -0.1) is 0 Å². The Morgan fingerprint density at radius 3 is 2.50 bits per heavy atom. The van der Waals surface area contributed by atoms with Gasteiger partial charge < -0.3 is 4.74 Å². The van der Waals surface area contributed by atoms with Crippen molar-refractivity contribution in [3.63, 3.8) is 0 Å². The third kappa shape index (κ3) is 3.86. The number of benzene rings is 1. The third-order valence-corrected chi connectivity index (χ3v) is 4.35. The molecule has 3 rings (SSSR count). The van der Waals surface area contributed by atoms with Crippen LogP contribution in [0.5, 0.6) is 0 Å². The van der Waals surface area contributed by atoms with Crippen LogP contribution >= 0.6 is 0 Å². The number of hydrogen-bond donors (Lipinski definition) is 0. The maximum absolute atomic E-state index is 12.4. The Kier molecular flexibility index (Phi) is 5.68. The van der Waals surface area contributed by atoms with Crippen LogP contribution in [0.4, 0.5) is 0 Å². The monoisotopic (exact) mass is 377 g/mol. The number of carbonyl (C=O) groups excluding carboxylic acids is 1. The molecule has 2 heterocycles. The van der Waals surface area contributed by atoms with Gasteiger partial charge in [0.2, 0.25) is 0 Å². The summed E-state index contributed by atoms with van der Waals surface area (Å²) in [4.78, 5) is 29.2. The van der Waals surface area contributed by atoms with E-state index in [2.05, 4.69) is 5.10 Å². The van der Waals surface area contributed by atoms with Crippen molar-refractivity contribution in [3.8, 4) is 22.5 Å². The number of carbonyl (C=O) groups is 1. The highest BCUT2D eigenvalue weighted by atomic mass is 16.5. The van der Waals surface area contributed by atoms with Crippen molar-refractivity contribution < 1.29 is 9.53 Å². The van der Waals surface area contributed by atoms with Crippen molar-refractivity contribution in [1.82, 2.24) is 14.8 Å². The van der Waals surface area contributed by atoms with E-state index < -0.39 is 5.97 Å². The minimum Gasteiger partial charge on any atom is -0.462 e. The first kappa shape index (κ1) is 19.5. The van der Waals surface area contributed by atoms with Crippen molar-refractivity contribution >= 4 is 5.97 Å². The van der Waals surface area contributed by atoms with E-state index in [4.69, 9.17) is 9.72 Å². The molecule has 6 heteroatoms. The molecule has 1 aromatic carbocycles. The van der Waals surface area contributed by atoms with Crippen molar-refractivity contribution in [3.05, 3.63) is 70.1 Å². The van der Waals surface area contributed by atoms with Crippen LogP contribution in [0.25, 0.3) is 22.5 Å². The minimum atomic E-state index is -0.425. The number of aromatic nitrogens is 3. The van der Waals surface area contributed by atoms with Crippen LogP contribution in [0.3, 0.4) is 0 Å². The molecule has 0 unspecified atom stereocenters. The van der Waals surface area contributed by atoms with Crippen LogP contribution in [0.2, 0.25) is 0 Å². The van der Waals surface area contributed by atoms with Crippen molar-refractivity contribution in [2.24, 2.45) is 0 Å². The molecule has 144 valence electrons. The Morgan fingerprint density at radius 1 is 1.14 bits per heavy atom. The second kappa shape index (κ2) is 8.17. The third-order valence-electron chi connectivity index (χ3n) is 4.35. The summed E-state index contributed by atoms with van der Waals surface area (Å²) in [5.74, 6) is -0.425. The second-order valence-electron chi connectivity index (χ2n) is 6.70. The van der Waals surface area contributed by atoms with Gasteiger partial charge in [-0.25, -0.2) is 9.48 Å². The second-order valence-corrected chi connectivity index (χ2v) is 6.70. The molecule has 0 N–H and O–H groups in total. The fourth-order valence-corrected chi connectivity index (χ4v) is 2.97. The Labute approximate surface area is 163 Å². The SMILES string of the molecule is CCOC(=O)c1cc(-c2ccc(=O)n(C(C)C)n2)c(-c2ccccc2)nc1C. The summed E-state index contributed by atoms with van der Waals surface area (Å²) in [6.07, 6.45) is 0. The summed E-state index contributed by atoms with van der Waals surface area (Å²) in [6.45, 7) is 7.62. The number of esters is 1. The summed E-state index contributed by atoms with van der Waals surface area (Å²) in [5, 5.41) is 4.52. The van der Waals surface area contributed by atoms with E-state index in [9.17, 15) is 9.59 Å². The highest BCUT2D eigenvalue weighted by Crippen LogP contribution is 2.31. The molecule has 0 atom stereocenters. The first-order valence-electron chi connectivity index (χ1n) is 9.26. The molecule has 6 nitrogen and oxygen atoms in total. The Morgan fingerprint density at radius 2 is 1.86 bits per heavy atom. The first-order valence-corrected chi connectivity index (χ1v) is 9.26. The average Bonchev–Trinajstić information content (AvgIpc) is 2.69. The zero-order chi connectivity index (χ0) is 20.3. The maximum Gasteiger partial charge on any atom is 0.339 e. The van der Waals surface area contributed by atoms with Gasteiger partial charge in [-0.3, -0.25) is 9.78 Å². The van der Waals surface area contributed by atoms with Crippen LogP contribution in [-0.4, -0.2) is 27.3 Å². The topological polar surface area (TPSA) is 74.1 Å². The zero-order valence-electron chi connectivity index (χ0n) is 16.5. The van der Waals surface area contributed by atoms with Gasteiger partial charge in [0, 0.05) is 17.2 Å². The Hall–Kier alpha value is -3.28. The molecule has 2 aromatic heterocycles. The van der Waals surface area contributed by atoms with Crippen LogP contribution in [-0.2, 0) is 4.74 Å². The molecule has 0 bridgehead atoms. The fourth-order valence-electron chi connectivity index (χ4n) is 2.97. The lowest BCUT2D eigenvalue weighted by molar-refractivity contribution is 0.0525. The van der Waals surface area contributed by atoms with Crippen LogP contribution < -0.4 is 5.56 Å².